The summed E-state index contributed by atoms with van der Waals surface area (Å²) in [5.41, 5.74) is 6.13. The quantitative estimate of drug-likeness (QED) is 0.692. The molecule has 0 spiro atoms. The normalized spacial score (nSPS) is 12.1. The third-order valence-electron chi connectivity index (χ3n) is 1.86. The summed E-state index contributed by atoms with van der Waals surface area (Å²) in [5, 5.41) is 9.41. The number of ether oxygens (including phenoxy) is 1. The van der Waals surface area contributed by atoms with E-state index in [1.54, 1.807) is 30.3 Å². The van der Waals surface area contributed by atoms with Crippen LogP contribution in [0, 0.1) is 0 Å². The lowest BCUT2D eigenvalue weighted by Gasteiger charge is -2.09. The third-order valence-corrected chi connectivity index (χ3v) is 1.86. The number of aliphatic hydroxyl groups is 1. The highest BCUT2D eigenvalue weighted by Gasteiger charge is 2.03. The lowest BCUT2D eigenvalue weighted by atomic mass is 10.1. The molecule has 1 aromatic carbocycles. The molecule has 0 amide bonds. The fraction of sp³-hybridized carbons (Fsp3) is 0.273. The number of nitrogens with two attached hydrogens (primary N) is 1. The van der Waals surface area contributed by atoms with E-state index in [9.17, 15) is 5.11 Å². The fourth-order valence-corrected chi connectivity index (χ4v) is 1.08. The molecule has 0 aromatic heterocycles. The molecular weight excluding hydrogens is 178 g/mol. The first-order valence-corrected chi connectivity index (χ1v) is 4.49. The van der Waals surface area contributed by atoms with Gasteiger partial charge in [0, 0.05) is 6.54 Å². The number of hydrogen-bond acceptors (Lipinski definition) is 3. The van der Waals surface area contributed by atoms with Crippen LogP contribution in [0.25, 0.3) is 0 Å². The SMILES string of the molecule is C=CCOc1ccc(C(O)CN)cc1. The molecule has 0 aliphatic rings. The van der Waals surface area contributed by atoms with Gasteiger partial charge in [-0.2, -0.15) is 0 Å². The van der Waals surface area contributed by atoms with Gasteiger partial charge in [0.05, 0.1) is 6.10 Å². The highest BCUT2D eigenvalue weighted by molar-refractivity contribution is 5.28. The molecule has 1 aromatic rings. The summed E-state index contributed by atoms with van der Waals surface area (Å²) in [4.78, 5) is 0. The number of benzene rings is 1. The van der Waals surface area contributed by atoms with Crippen LogP contribution in [0.1, 0.15) is 11.7 Å². The minimum atomic E-state index is -0.594. The van der Waals surface area contributed by atoms with Gasteiger partial charge in [0.15, 0.2) is 0 Å². The molecule has 0 radical (unpaired) electrons. The van der Waals surface area contributed by atoms with Crippen molar-refractivity contribution in [1.29, 1.82) is 0 Å². The van der Waals surface area contributed by atoms with E-state index in [0.29, 0.717) is 6.61 Å². The molecule has 0 saturated heterocycles. The van der Waals surface area contributed by atoms with Crippen molar-refractivity contribution < 1.29 is 9.84 Å². The van der Waals surface area contributed by atoms with Gasteiger partial charge in [-0.05, 0) is 17.7 Å². The minimum Gasteiger partial charge on any atom is -0.490 e. The van der Waals surface area contributed by atoms with Crippen molar-refractivity contribution >= 4 is 0 Å². The summed E-state index contributed by atoms with van der Waals surface area (Å²) >= 11 is 0. The van der Waals surface area contributed by atoms with Crippen LogP contribution in [-0.2, 0) is 0 Å². The standard InChI is InChI=1S/C11H15NO2/c1-2-7-14-10-5-3-9(4-6-10)11(13)8-12/h2-6,11,13H,1,7-8,12H2. The van der Waals surface area contributed by atoms with Crippen molar-refractivity contribution in [3.05, 3.63) is 42.5 Å². The number of rotatable bonds is 5. The maximum absolute atomic E-state index is 9.41. The molecule has 0 saturated carbocycles. The second-order valence-electron chi connectivity index (χ2n) is 2.92. The van der Waals surface area contributed by atoms with Crippen LogP contribution in [-0.4, -0.2) is 18.3 Å². The van der Waals surface area contributed by atoms with Crippen LogP contribution in [0.2, 0.25) is 0 Å². The van der Waals surface area contributed by atoms with Crippen LogP contribution in [0.15, 0.2) is 36.9 Å². The van der Waals surface area contributed by atoms with E-state index >= 15 is 0 Å². The Balaban J connectivity index is 2.63. The first-order chi connectivity index (χ1) is 6.77. The molecule has 1 unspecified atom stereocenters. The maximum atomic E-state index is 9.41. The van der Waals surface area contributed by atoms with E-state index in [2.05, 4.69) is 6.58 Å². The molecule has 0 fully saturated rings. The number of aliphatic hydroxyl groups excluding tert-OH is 1. The Bertz CT molecular complexity index is 282. The smallest absolute Gasteiger partial charge is 0.119 e. The first kappa shape index (κ1) is 10.8. The highest BCUT2D eigenvalue weighted by atomic mass is 16.5. The zero-order valence-electron chi connectivity index (χ0n) is 8.02. The van der Waals surface area contributed by atoms with Gasteiger partial charge >= 0.3 is 0 Å². The Morgan fingerprint density at radius 2 is 2.07 bits per heavy atom. The highest BCUT2D eigenvalue weighted by Crippen LogP contribution is 2.16. The monoisotopic (exact) mass is 193 g/mol. The molecule has 3 nitrogen and oxygen atoms in total. The van der Waals surface area contributed by atoms with E-state index < -0.39 is 6.10 Å². The van der Waals surface area contributed by atoms with Gasteiger partial charge < -0.3 is 15.6 Å². The Hall–Kier alpha value is -1.32. The average Bonchev–Trinajstić information content (AvgIpc) is 2.26. The Morgan fingerprint density at radius 3 is 2.57 bits per heavy atom. The Labute approximate surface area is 83.8 Å². The minimum absolute atomic E-state index is 0.229. The molecule has 1 rings (SSSR count). The molecule has 3 heteroatoms. The average molecular weight is 193 g/mol. The molecule has 3 N–H and O–H groups in total. The zero-order valence-corrected chi connectivity index (χ0v) is 8.02. The summed E-state index contributed by atoms with van der Waals surface area (Å²) in [6.45, 7) is 4.27. The predicted molar refractivity (Wildman–Crippen MR) is 56.1 cm³/mol. The molecular formula is C11H15NO2. The second kappa shape index (κ2) is 5.42. The summed E-state index contributed by atoms with van der Waals surface area (Å²) in [7, 11) is 0. The zero-order chi connectivity index (χ0) is 10.4. The van der Waals surface area contributed by atoms with Crippen molar-refractivity contribution in [2.45, 2.75) is 6.10 Å². The summed E-state index contributed by atoms with van der Waals surface area (Å²) < 4.78 is 5.29. The number of hydrogen-bond donors (Lipinski definition) is 2. The molecule has 76 valence electrons. The van der Waals surface area contributed by atoms with Crippen LogP contribution in [0.4, 0.5) is 0 Å². The summed E-state index contributed by atoms with van der Waals surface area (Å²) in [6.07, 6.45) is 1.09. The van der Waals surface area contributed by atoms with Crippen molar-refractivity contribution in [3.63, 3.8) is 0 Å². The van der Waals surface area contributed by atoms with Crippen molar-refractivity contribution in [2.24, 2.45) is 5.73 Å². The predicted octanol–water partition coefficient (Wildman–Crippen LogP) is 1.24. The van der Waals surface area contributed by atoms with Gasteiger partial charge in [0.2, 0.25) is 0 Å². The summed E-state index contributed by atoms with van der Waals surface area (Å²) in [6, 6.07) is 7.21. The van der Waals surface area contributed by atoms with E-state index in [1.165, 1.54) is 0 Å². The second-order valence-corrected chi connectivity index (χ2v) is 2.92. The lowest BCUT2D eigenvalue weighted by molar-refractivity contribution is 0.186. The Morgan fingerprint density at radius 1 is 1.43 bits per heavy atom. The van der Waals surface area contributed by atoms with E-state index in [0.717, 1.165) is 11.3 Å². The van der Waals surface area contributed by atoms with Crippen LogP contribution >= 0.6 is 0 Å². The van der Waals surface area contributed by atoms with Crippen molar-refractivity contribution in [1.82, 2.24) is 0 Å². The van der Waals surface area contributed by atoms with E-state index in [4.69, 9.17) is 10.5 Å². The van der Waals surface area contributed by atoms with Crippen LogP contribution in [0.3, 0.4) is 0 Å². The van der Waals surface area contributed by atoms with Crippen LogP contribution in [0.5, 0.6) is 5.75 Å². The largest absolute Gasteiger partial charge is 0.490 e. The van der Waals surface area contributed by atoms with Crippen molar-refractivity contribution in [2.75, 3.05) is 13.2 Å². The van der Waals surface area contributed by atoms with Gasteiger partial charge in [-0.1, -0.05) is 24.8 Å². The lowest BCUT2D eigenvalue weighted by Crippen LogP contribution is -2.11. The van der Waals surface area contributed by atoms with Gasteiger partial charge in [-0.25, -0.2) is 0 Å². The fourth-order valence-electron chi connectivity index (χ4n) is 1.08. The maximum Gasteiger partial charge on any atom is 0.119 e. The van der Waals surface area contributed by atoms with E-state index in [-0.39, 0.29) is 6.54 Å². The first-order valence-electron chi connectivity index (χ1n) is 4.49. The van der Waals surface area contributed by atoms with Gasteiger partial charge in [0.25, 0.3) is 0 Å². The summed E-state index contributed by atoms with van der Waals surface area (Å²) in [5.74, 6) is 0.762. The topological polar surface area (TPSA) is 55.5 Å². The Kier molecular flexibility index (Phi) is 4.16. The molecule has 0 heterocycles. The van der Waals surface area contributed by atoms with Crippen molar-refractivity contribution in [3.8, 4) is 5.75 Å². The molecule has 0 aliphatic carbocycles. The molecule has 14 heavy (non-hydrogen) atoms. The van der Waals surface area contributed by atoms with E-state index in [1.807, 2.05) is 0 Å². The molecule has 0 bridgehead atoms. The molecule has 0 aliphatic heterocycles. The van der Waals surface area contributed by atoms with Gasteiger partial charge in [0.1, 0.15) is 12.4 Å². The van der Waals surface area contributed by atoms with Gasteiger partial charge in [-0.15, -0.1) is 0 Å². The molecule has 1 atom stereocenters. The van der Waals surface area contributed by atoms with Gasteiger partial charge in [-0.3, -0.25) is 0 Å². The third kappa shape index (κ3) is 2.87. The van der Waals surface area contributed by atoms with Crippen LogP contribution < -0.4 is 10.5 Å².